The topological polar surface area (TPSA) is 9.86 Å². The summed E-state index contributed by atoms with van der Waals surface area (Å²) in [7, 11) is 0. The predicted molar refractivity (Wildman–Crippen MR) is 205 cm³/mol. The van der Waals surface area contributed by atoms with Gasteiger partial charge in [0.05, 0.1) is 16.6 Å². The number of benzene rings is 5. The zero-order chi connectivity index (χ0) is 31.4. The van der Waals surface area contributed by atoms with E-state index in [2.05, 4.69) is 169 Å². The summed E-state index contributed by atoms with van der Waals surface area (Å²) >= 11 is 7.93. The number of aryl methyl sites for hydroxylation is 1. The smallest absolute Gasteiger partial charge is 0.0541 e. The molecule has 0 saturated carbocycles. The molecule has 2 aromatic heterocycles. The Labute approximate surface area is 285 Å². The van der Waals surface area contributed by atoms with Crippen molar-refractivity contribution >= 4 is 76.3 Å². The molecule has 0 radical (unpaired) electrons. The van der Waals surface area contributed by atoms with Crippen LogP contribution < -0.4 is 0 Å². The molecule has 8 rings (SSSR count). The molecule has 1 aliphatic carbocycles. The van der Waals surface area contributed by atoms with E-state index in [-0.39, 0.29) is 0 Å². The fourth-order valence-corrected chi connectivity index (χ4v) is 8.17. The molecule has 0 bridgehead atoms. The molecule has 4 heteroatoms. The van der Waals surface area contributed by atoms with E-state index in [9.17, 15) is 0 Å². The van der Waals surface area contributed by atoms with Gasteiger partial charge in [0.15, 0.2) is 0 Å². The van der Waals surface area contributed by atoms with Crippen LogP contribution in [0.15, 0.2) is 150 Å². The van der Waals surface area contributed by atoms with Gasteiger partial charge in [-0.05, 0) is 113 Å². The number of halogens is 2. The lowest BCUT2D eigenvalue weighted by atomic mass is 9.96. The van der Waals surface area contributed by atoms with Gasteiger partial charge < -0.3 is 9.13 Å². The highest BCUT2D eigenvalue weighted by atomic mass is 79.9. The lowest BCUT2D eigenvalue weighted by molar-refractivity contribution is 0.967. The lowest BCUT2D eigenvalue weighted by Gasteiger charge is -2.13. The van der Waals surface area contributed by atoms with E-state index >= 15 is 0 Å². The Bertz CT molecular complexity index is 2420. The van der Waals surface area contributed by atoms with Gasteiger partial charge >= 0.3 is 0 Å². The average molecular weight is 723 g/mol. The maximum absolute atomic E-state index is 4.07. The second kappa shape index (κ2) is 11.6. The molecule has 5 aromatic carbocycles. The van der Waals surface area contributed by atoms with Crippen molar-refractivity contribution in [1.82, 2.24) is 9.13 Å². The van der Waals surface area contributed by atoms with E-state index in [0.29, 0.717) is 0 Å². The minimum atomic E-state index is 0.996. The number of nitrogens with zero attached hydrogens (tertiary/aromatic N) is 2. The van der Waals surface area contributed by atoms with Crippen LogP contribution in [0.2, 0.25) is 0 Å². The number of hydrogen-bond acceptors (Lipinski definition) is 0. The van der Waals surface area contributed by atoms with Crippen molar-refractivity contribution in [1.29, 1.82) is 0 Å². The molecule has 222 valence electrons. The predicted octanol–water partition coefficient (Wildman–Crippen LogP) is 12.8. The molecule has 0 spiro atoms. The third kappa shape index (κ3) is 4.59. The third-order valence-corrected chi connectivity index (χ3v) is 10.4. The number of fused-ring (bicyclic) bond motifs is 6. The largest absolute Gasteiger partial charge is 0.310 e. The van der Waals surface area contributed by atoms with Crippen LogP contribution in [0, 0.1) is 0 Å². The SMILES string of the molecule is C=C/C=C(\C=C)n1c2ccccc2c2cc(-c3cc(Br)c(-c4ccc5c(c4)c4c(n5-c5ccccc5)C=CCC4)cc3Br)ccc21. The highest BCUT2D eigenvalue weighted by Gasteiger charge is 2.20. The first-order valence-corrected chi connectivity index (χ1v) is 17.0. The summed E-state index contributed by atoms with van der Waals surface area (Å²) in [6.07, 6.45) is 12.4. The van der Waals surface area contributed by atoms with E-state index in [4.69, 9.17) is 0 Å². The number of hydrogen-bond donors (Lipinski definition) is 0. The summed E-state index contributed by atoms with van der Waals surface area (Å²) in [4.78, 5) is 0. The highest BCUT2D eigenvalue weighted by molar-refractivity contribution is 9.11. The van der Waals surface area contributed by atoms with Crippen LogP contribution in [0.3, 0.4) is 0 Å². The maximum Gasteiger partial charge on any atom is 0.0541 e. The van der Waals surface area contributed by atoms with E-state index in [0.717, 1.165) is 55.2 Å². The monoisotopic (exact) mass is 720 g/mol. The normalized spacial score (nSPS) is 13.0. The van der Waals surface area contributed by atoms with Gasteiger partial charge in [-0.1, -0.05) is 106 Å². The molecule has 46 heavy (non-hydrogen) atoms. The molecule has 0 N–H and O–H groups in total. The molecule has 0 fully saturated rings. The summed E-state index contributed by atoms with van der Waals surface area (Å²) in [6.45, 7) is 7.98. The van der Waals surface area contributed by atoms with Gasteiger partial charge in [0.1, 0.15) is 0 Å². The lowest BCUT2D eigenvalue weighted by Crippen LogP contribution is -1.99. The van der Waals surface area contributed by atoms with Crippen molar-refractivity contribution in [3.05, 3.63) is 161 Å². The van der Waals surface area contributed by atoms with Crippen LogP contribution in [0.25, 0.3) is 72.4 Å². The Morgan fingerprint density at radius 3 is 2.04 bits per heavy atom. The summed E-state index contributed by atoms with van der Waals surface area (Å²) in [6, 6.07) is 37.3. The van der Waals surface area contributed by atoms with Gasteiger partial charge in [0, 0.05) is 42.2 Å². The molecular formula is C42H30Br2N2. The van der Waals surface area contributed by atoms with Gasteiger partial charge in [-0.2, -0.15) is 0 Å². The quantitative estimate of drug-likeness (QED) is 0.151. The fraction of sp³-hybridized carbons (Fsp3) is 0.0476. The van der Waals surface area contributed by atoms with E-state index in [1.54, 1.807) is 0 Å². The third-order valence-electron chi connectivity index (χ3n) is 9.07. The van der Waals surface area contributed by atoms with Crippen molar-refractivity contribution in [2.45, 2.75) is 12.8 Å². The van der Waals surface area contributed by atoms with Crippen LogP contribution in [0.1, 0.15) is 17.7 Å². The number of para-hydroxylation sites is 2. The van der Waals surface area contributed by atoms with Crippen LogP contribution in [-0.4, -0.2) is 9.13 Å². The first-order valence-electron chi connectivity index (χ1n) is 15.4. The summed E-state index contributed by atoms with van der Waals surface area (Å²) in [5.74, 6) is 0. The minimum Gasteiger partial charge on any atom is -0.310 e. The zero-order valence-corrected chi connectivity index (χ0v) is 28.4. The van der Waals surface area contributed by atoms with Gasteiger partial charge in [-0.3, -0.25) is 0 Å². The van der Waals surface area contributed by atoms with Crippen molar-refractivity contribution in [2.24, 2.45) is 0 Å². The zero-order valence-electron chi connectivity index (χ0n) is 25.2. The molecular weight excluding hydrogens is 692 g/mol. The maximum atomic E-state index is 4.07. The van der Waals surface area contributed by atoms with Gasteiger partial charge in [0.2, 0.25) is 0 Å². The van der Waals surface area contributed by atoms with Crippen LogP contribution >= 0.6 is 31.9 Å². The second-order valence-corrected chi connectivity index (χ2v) is 13.3. The highest BCUT2D eigenvalue weighted by Crippen LogP contribution is 2.42. The van der Waals surface area contributed by atoms with Crippen molar-refractivity contribution < 1.29 is 0 Å². The van der Waals surface area contributed by atoms with Crippen molar-refractivity contribution in [3.8, 4) is 27.9 Å². The van der Waals surface area contributed by atoms with Gasteiger partial charge in [-0.25, -0.2) is 0 Å². The second-order valence-electron chi connectivity index (χ2n) is 11.6. The van der Waals surface area contributed by atoms with Crippen LogP contribution in [0.4, 0.5) is 0 Å². The minimum absolute atomic E-state index is 0.996. The Kier molecular flexibility index (Phi) is 7.28. The van der Waals surface area contributed by atoms with Crippen molar-refractivity contribution in [2.75, 3.05) is 0 Å². The Balaban J connectivity index is 1.25. The molecule has 0 atom stereocenters. The molecule has 0 amide bonds. The Morgan fingerprint density at radius 2 is 1.33 bits per heavy atom. The molecule has 0 saturated heterocycles. The van der Waals surface area contributed by atoms with E-state index in [1.165, 1.54) is 44.2 Å². The summed E-state index contributed by atoms with van der Waals surface area (Å²) in [5, 5.41) is 3.72. The van der Waals surface area contributed by atoms with Gasteiger partial charge in [0.25, 0.3) is 0 Å². The van der Waals surface area contributed by atoms with Gasteiger partial charge in [-0.15, -0.1) is 0 Å². The van der Waals surface area contributed by atoms with E-state index < -0.39 is 0 Å². The summed E-state index contributed by atoms with van der Waals surface area (Å²) in [5.41, 5.74) is 13.1. The van der Waals surface area contributed by atoms with E-state index in [1.807, 2.05) is 18.2 Å². The van der Waals surface area contributed by atoms with Crippen LogP contribution in [-0.2, 0) is 6.42 Å². The Morgan fingerprint density at radius 1 is 0.674 bits per heavy atom. The first-order chi connectivity index (χ1) is 22.6. The number of aromatic nitrogens is 2. The molecule has 2 nitrogen and oxygen atoms in total. The molecule has 0 aliphatic heterocycles. The number of rotatable bonds is 6. The average Bonchev–Trinajstić information content (AvgIpc) is 3.60. The standard InChI is InChI=1S/C42H30Br2N2/c1-3-12-29(4-2)45-39-17-10-8-15-31(39)35-23-27(19-21-41(35)45)33-25-38(44)34(26-37(33)43)28-20-22-42-36(24-28)32-16-9-11-18-40(32)46(42)30-13-6-5-7-14-30/h3-8,10-15,17-26H,1-2,9,16H2/b29-12+. The molecule has 0 unspecified atom stereocenters. The Hall–Kier alpha value is -4.64. The molecule has 1 aliphatic rings. The summed E-state index contributed by atoms with van der Waals surface area (Å²) < 4.78 is 6.77. The van der Waals surface area contributed by atoms with Crippen molar-refractivity contribution in [3.63, 3.8) is 0 Å². The molecule has 7 aromatic rings. The number of allylic oxidation sites excluding steroid dienone is 5. The van der Waals surface area contributed by atoms with Crippen LogP contribution in [0.5, 0.6) is 0 Å². The first kappa shape index (κ1) is 28.8. The fourth-order valence-electron chi connectivity index (χ4n) is 7.02. The molecule has 2 heterocycles.